The van der Waals surface area contributed by atoms with Gasteiger partial charge >= 0.3 is 0 Å². The molecule has 6 heteroatoms. The topological polar surface area (TPSA) is 63.2 Å². The van der Waals surface area contributed by atoms with Crippen molar-refractivity contribution < 1.29 is 13.2 Å². The van der Waals surface area contributed by atoms with Crippen LogP contribution in [0, 0.1) is 0 Å². The summed E-state index contributed by atoms with van der Waals surface area (Å²) in [5.41, 5.74) is 1.22. The smallest absolute Gasteiger partial charge is 0.221 e. The SMILES string of the molecule is O=C(CCS(=O)(=O)c1ccc(Cl)cc1)NCCCc1ccccc1. The third-order valence-corrected chi connectivity index (χ3v) is 5.56. The minimum atomic E-state index is -3.47. The zero-order valence-corrected chi connectivity index (χ0v) is 14.8. The molecule has 2 rings (SSSR count). The highest BCUT2D eigenvalue weighted by atomic mass is 35.5. The van der Waals surface area contributed by atoms with Gasteiger partial charge in [0, 0.05) is 18.0 Å². The number of amides is 1. The number of hydrogen-bond acceptors (Lipinski definition) is 3. The van der Waals surface area contributed by atoms with Crippen molar-refractivity contribution in [2.45, 2.75) is 24.2 Å². The first-order valence-corrected chi connectivity index (χ1v) is 9.79. The van der Waals surface area contributed by atoms with Gasteiger partial charge in [0.05, 0.1) is 10.6 Å². The molecule has 0 aromatic heterocycles. The molecule has 0 heterocycles. The standard InChI is InChI=1S/C18H20ClNO3S/c19-16-8-10-17(11-9-16)24(22,23)14-12-18(21)20-13-4-7-15-5-2-1-3-6-15/h1-3,5-6,8-11H,4,7,12-14H2,(H,20,21). The van der Waals surface area contributed by atoms with E-state index in [9.17, 15) is 13.2 Å². The average molecular weight is 366 g/mol. The Morgan fingerprint density at radius 3 is 2.33 bits per heavy atom. The van der Waals surface area contributed by atoms with Crippen LogP contribution in [0.1, 0.15) is 18.4 Å². The second-order valence-corrected chi connectivity index (χ2v) is 8.01. The van der Waals surface area contributed by atoms with E-state index < -0.39 is 9.84 Å². The first-order chi connectivity index (χ1) is 11.5. The van der Waals surface area contributed by atoms with Gasteiger partial charge in [0.2, 0.25) is 5.91 Å². The van der Waals surface area contributed by atoms with Crippen molar-refractivity contribution >= 4 is 27.3 Å². The van der Waals surface area contributed by atoms with Crippen molar-refractivity contribution in [3.8, 4) is 0 Å². The van der Waals surface area contributed by atoms with Crippen LogP contribution in [-0.2, 0) is 21.1 Å². The summed E-state index contributed by atoms with van der Waals surface area (Å²) in [6.45, 7) is 0.536. The predicted molar refractivity (Wildman–Crippen MR) is 95.9 cm³/mol. The molecular formula is C18H20ClNO3S. The van der Waals surface area contributed by atoms with Crippen LogP contribution in [0.25, 0.3) is 0 Å². The summed E-state index contributed by atoms with van der Waals surface area (Å²) in [7, 11) is -3.47. The van der Waals surface area contributed by atoms with E-state index in [4.69, 9.17) is 11.6 Å². The summed E-state index contributed by atoms with van der Waals surface area (Å²) in [6, 6.07) is 16.0. The lowest BCUT2D eigenvalue weighted by molar-refractivity contribution is -0.120. The largest absolute Gasteiger partial charge is 0.356 e. The molecule has 0 saturated heterocycles. The van der Waals surface area contributed by atoms with Crippen LogP contribution < -0.4 is 5.32 Å². The van der Waals surface area contributed by atoms with Crippen LogP contribution >= 0.6 is 11.6 Å². The highest BCUT2D eigenvalue weighted by Gasteiger charge is 2.16. The third kappa shape index (κ3) is 5.98. The average Bonchev–Trinajstić information content (AvgIpc) is 2.58. The van der Waals surface area contributed by atoms with Gasteiger partial charge in [0.15, 0.2) is 9.84 Å². The maximum atomic E-state index is 12.1. The molecule has 0 unspecified atom stereocenters. The normalized spacial score (nSPS) is 11.2. The second kappa shape index (κ2) is 8.85. The van der Waals surface area contributed by atoms with Gasteiger partial charge in [0.1, 0.15) is 0 Å². The van der Waals surface area contributed by atoms with Gasteiger partial charge in [-0.25, -0.2) is 8.42 Å². The predicted octanol–water partition coefficient (Wildman–Crippen LogP) is 3.25. The second-order valence-electron chi connectivity index (χ2n) is 5.46. The molecule has 0 radical (unpaired) electrons. The molecule has 2 aromatic carbocycles. The van der Waals surface area contributed by atoms with E-state index in [-0.39, 0.29) is 23.0 Å². The van der Waals surface area contributed by atoms with Crippen molar-refractivity contribution in [1.82, 2.24) is 5.32 Å². The summed E-state index contributed by atoms with van der Waals surface area (Å²) in [4.78, 5) is 12.0. The van der Waals surface area contributed by atoms with E-state index in [1.54, 1.807) is 0 Å². The Kier molecular flexibility index (Phi) is 6.82. The first kappa shape index (κ1) is 18.5. The van der Waals surface area contributed by atoms with Crippen molar-refractivity contribution in [2.24, 2.45) is 0 Å². The Hall–Kier alpha value is -1.85. The highest BCUT2D eigenvalue weighted by Crippen LogP contribution is 2.16. The summed E-state index contributed by atoms with van der Waals surface area (Å²) in [5.74, 6) is -0.459. The zero-order valence-electron chi connectivity index (χ0n) is 13.2. The third-order valence-electron chi connectivity index (χ3n) is 3.58. The van der Waals surface area contributed by atoms with Gasteiger partial charge in [-0.05, 0) is 42.7 Å². The number of carbonyl (C=O) groups is 1. The van der Waals surface area contributed by atoms with E-state index in [1.165, 1.54) is 29.8 Å². The van der Waals surface area contributed by atoms with Crippen molar-refractivity contribution in [3.05, 3.63) is 65.2 Å². The fourth-order valence-electron chi connectivity index (χ4n) is 2.24. The number of aryl methyl sites for hydroxylation is 1. The van der Waals surface area contributed by atoms with E-state index in [0.717, 1.165) is 12.8 Å². The minimum Gasteiger partial charge on any atom is -0.356 e. The van der Waals surface area contributed by atoms with Crippen LogP contribution in [0.2, 0.25) is 5.02 Å². The lowest BCUT2D eigenvalue weighted by atomic mass is 10.1. The van der Waals surface area contributed by atoms with Gasteiger partial charge in [0.25, 0.3) is 0 Å². The molecule has 0 saturated carbocycles. The molecule has 128 valence electrons. The number of nitrogens with one attached hydrogen (secondary N) is 1. The summed E-state index contributed by atoms with van der Waals surface area (Å²) < 4.78 is 24.3. The monoisotopic (exact) mass is 365 g/mol. The Morgan fingerprint density at radius 2 is 1.67 bits per heavy atom. The van der Waals surface area contributed by atoms with Crippen molar-refractivity contribution in [2.75, 3.05) is 12.3 Å². The lowest BCUT2D eigenvalue weighted by Gasteiger charge is -2.07. The van der Waals surface area contributed by atoms with Crippen LogP contribution in [0.3, 0.4) is 0 Å². The van der Waals surface area contributed by atoms with Crippen molar-refractivity contribution in [3.63, 3.8) is 0 Å². The van der Waals surface area contributed by atoms with Crippen LogP contribution in [-0.4, -0.2) is 26.6 Å². The van der Waals surface area contributed by atoms with Gasteiger partial charge < -0.3 is 5.32 Å². The quantitative estimate of drug-likeness (QED) is 0.730. The van der Waals surface area contributed by atoms with Gasteiger partial charge in [-0.2, -0.15) is 0 Å². The number of carbonyl (C=O) groups excluding carboxylic acids is 1. The Bertz CT molecular complexity index is 759. The molecule has 0 aliphatic heterocycles. The molecule has 24 heavy (non-hydrogen) atoms. The number of halogens is 1. The molecule has 1 N–H and O–H groups in total. The molecule has 4 nitrogen and oxygen atoms in total. The van der Waals surface area contributed by atoms with Crippen LogP contribution in [0.4, 0.5) is 0 Å². The molecule has 2 aromatic rings. The molecule has 0 aliphatic carbocycles. The Labute approximate surface area is 147 Å². The van der Waals surface area contributed by atoms with E-state index in [2.05, 4.69) is 5.32 Å². The molecule has 0 fully saturated rings. The summed E-state index contributed by atoms with van der Waals surface area (Å²) in [5, 5.41) is 3.24. The molecule has 0 aliphatic rings. The van der Waals surface area contributed by atoms with E-state index in [1.807, 2.05) is 30.3 Å². The van der Waals surface area contributed by atoms with E-state index >= 15 is 0 Å². The minimum absolute atomic E-state index is 0.0453. The maximum absolute atomic E-state index is 12.1. The number of rotatable bonds is 8. The van der Waals surface area contributed by atoms with Crippen molar-refractivity contribution in [1.29, 1.82) is 0 Å². The number of hydrogen-bond donors (Lipinski definition) is 1. The molecule has 0 atom stereocenters. The molecule has 1 amide bonds. The van der Waals surface area contributed by atoms with Crippen LogP contribution in [0.15, 0.2) is 59.5 Å². The molecular weight excluding hydrogens is 346 g/mol. The highest BCUT2D eigenvalue weighted by molar-refractivity contribution is 7.91. The summed E-state index contributed by atoms with van der Waals surface area (Å²) >= 11 is 5.75. The lowest BCUT2D eigenvalue weighted by Crippen LogP contribution is -2.26. The van der Waals surface area contributed by atoms with Gasteiger partial charge in [-0.1, -0.05) is 41.9 Å². The van der Waals surface area contributed by atoms with Gasteiger partial charge in [-0.15, -0.1) is 0 Å². The molecule has 0 spiro atoms. The fourth-order valence-corrected chi connectivity index (χ4v) is 3.61. The van der Waals surface area contributed by atoms with Gasteiger partial charge in [-0.3, -0.25) is 4.79 Å². The fraction of sp³-hybridized carbons (Fsp3) is 0.278. The maximum Gasteiger partial charge on any atom is 0.221 e. The zero-order chi connectivity index (χ0) is 17.4. The van der Waals surface area contributed by atoms with E-state index in [0.29, 0.717) is 11.6 Å². The number of sulfone groups is 1. The summed E-state index contributed by atoms with van der Waals surface area (Å²) in [6.07, 6.45) is 1.65. The Balaban J connectivity index is 1.71. The molecule has 0 bridgehead atoms. The Morgan fingerprint density at radius 1 is 1.00 bits per heavy atom. The number of benzene rings is 2. The van der Waals surface area contributed by atoms with Crippen LogP contribution in [0.5, 0.6) is 0 Å². The first-order valence-electron chi connectivity index (χ1n) is 7.76.